The maximum absolute atomic E-state index is 14.5. The van der Waals surface area contributed by atoms with Crippen LogP contribution in [0, 0.1) is 11.3 Å². The van der Waals surface area contributed by atoms with Crippen molar-refractivity contribution in [2.45, 2.75) is 138 Å². The number of nitrogens with one attached hydrogen (secondary N) is 3. The summed E-state index contributed by atoms with van der Waals surface area (Å²) < 4.78 is 12.2. The van der Waals surface area contributed by atoms with Crippen molar-refractivity contribution >= 4 is 35.6 Å². The van der Waals surface area contributed by atoms with Crippen LogP contribution in [0.15, 0.2) is 91.0 Å². The molecule has 63 heavy (non-hydrogen) atoms. The van der Waals surface area contributed by atoms with E-state index in [1.54, 1.807) is 56.6 Å². The minimum atomic E-state index is -1.53. The number of benzene rings is 3. The molecule has 3 saturated carbocycles. The van der Waals surface area contributed by atoms with Gasteiger partial charge in [0.25, 0.3) is 11.8 Å². The Bertz CT molecular complexity index is 2050. The molecular weight excluding hydrogens is 803 g/mol. The summed E-state index contributed by atoms with van der Waals surface area (Å²) >= 11 is 0. The van der Waals surface area contributed by atoms with Gasteiger partial charge >= 0.3 is 11.9 Å². The van der Waals surface area contributed by atoms with E-state index < -0.39 is 64.6 Å². The zero-order chi connectivity index (χ0) is 45.5. The van der Waals surface area contributed by atoms with E-state index in [-0.39, 0.29) is 50.9 Å². The molecule has 4 amide bonds. The van der Waals surface area contributed by atoms with Crippen LogP contribution >= 0.6 is 0 Å². The molecule has 0 radical (unpaired) electrons. The zero-order valence-electron chi connectivity index (χ0n) is 36.6. The first kappa shape index (κ1) is 48.0. The number of nitrogens with zero attached hydrogens (tertiary/aromatic N) is 2. The second kappa shape index (κ2) is 22.3. The lowest BCUT2D eigenvalue weighted by Gasteiger charge is -2.35. The van der Waals surface area contributed by atoms with Gasteiger partial charge in [-0.05, 0) is 55.2 Å². The van der Waals surface area contributed by atoms with E-state index >= 15 is 0 Å². The Morgan fingerprint density at radius 1 is 0.571 bits per heavy atom. The number of hydrogen-bond donors (Lipinski definition) is 4. The van der Waals surface area contributed by atoms with Gasteiger partial charge in [-0.1, -0.05) is 130 Å². The van der Waals surface area contributed by atoms with Crippen LogP contribution in [-0.4, -0.2) is 94.6 Å². The quantitative estimate of drug-likeness (QED) is 0.137. The van der Waals surface area contributed by atoms with Crippen LogP contribution in [-0.2, 0) is 57.5 Å². The predicted octanol–water partition coefficient (Wildman–Crippen LogP) is 4.80. The minimum absolute atomic E-state index is 0.0226. The molecule has 3 aromatic rings. The molecule has 0 unspecified atom stereocenters. The van der Waals surface area contributed by atoms with E-state index in [4.69, 9.17) is 14.7 Å². The van der Waals surface area contributed by atoms with Gasteiger partial charge in [-0.15, -0.1) is 0 Å². The first-order valence-electron chi connectivity index (χ1n) is 22.0. The highest BCUT2D eigenvalue weighted by Gasteiger charge is 2.50. The van der Waals surface area contributed by atoms with Gasteiger partial charge in [0, 0.05) is 40.3 Å². The Kier molecular flexibility index (Phi) is 17.0. The van der Waals surface area contributed by atoms with Gasteiger partial charge in [0.2, 0.25) is 11.8 Å². The molecule has 0 saturated heterocycles. The molecule has 14 heteroatoms. The second-order valence-corrected chi connectivity index (χ2v) is 17.1. The van der Waals surface area contributed by atoms with Crippen molar-refractivity contribution in [3.05, 3.63) is 108 Å². The highest BCUT2D eigenvalue weighted by atomic mass is 16.6. The van der Waals surface area contributed by atoms with Crippen molar-refractivity contribution in [3.8, 4) is 6.07 Å². The zero-order valence-corrected chi connectivity index (χ0v) is 36.6. The number of nitriles is 1. The standard InChI is InChI=1S/C47H58N4O9.C2H3N/c1-51(2)42(56)45(24-12-13-25-45)49-40(54)37(31-34-20-8-4-9-21-34)59-44(58)47(28-16-17-29-47)50-41(55)38(32-35-22-10-5-11-23-35)60-43(57)46(26-14-15-27-46)48-39(53)36(52)30-33-18-6-3-7-19-33;1-2-3/h3-11,18-23,36-38,52H,12-17,24-32H2,1-2H3,(H,48,53)(H,49,54)(H,50,55);1H3/t36-,37-,38-;/m0./s1. The first-order chi connectivity index (χ1) is 30.2. The molecule has 0 bridgehead atoms. The molecule has 0 spiro atoms. The number of amides is 4. The average molecular weight is 864 g/mol. The Balaban J connectivity index is 0.00000242. The normalized spacial score (nSPS) is 18.1. The molecule has 3 fully saturated rings. The predicted molar refractivity (Wildman–Crippen MR) is 234 cm³/mol. The Labute approximate surface area is 370 Å². The molecule has 4 N–H and O–H groups in total. The number of hydrogen-bond acceptors (Lipinski definition) is 10. The van der Waals surface area contributed by atoms with Crippen LogP contribution in [0.4, 0.5) is 0 Å². The number of carbonyl (C=O) groups excluding carboxylic acids is 6. The maximum atomic E-state index is 14.5. The third kappa shape index (κ3) is 12.5. The fourth-order valence-corrected chi connectivity index (χ4v) is 8.91. The summed E-state index contributed by atoms with van der Waals surface area (Å²) in [7, 11) is 3.29. The maximum Gasteiger partial charge on any atom is 0.332 e. The molecule has 0 heterocycles. The summed E-state index contributed by atoms with van der Waals surface area (Å²) in [5.41, 5.74) is -1.92. The van der Waals surface area contributed by atoms with Gasteiger partial charge < -0.3 is 35.4 Å². The third-order valence-electron chi connectivity index (χ3n) is 12.2. The summed E-state index contributed by atoms with van der Waals surface area (Å²) in [5, 5.41) is 26.8. The molecule has 3 aromatic carbocycles. The average Bonchev–Trinajstić information content (AvgIpc) is 4.08. The first-order valence-corrected chi connectivity index (χ1v) is 22.0. The van der Waals surface area contributed by atoms with E-state index in [9.17, 15) is 33.9 Å². The smallest absolute Gasteiger partial charge is 0.332 e. The van der Waals surface area contributed by atoms with Crippen LogP contribution in [0.1, 0.15) is 101 Å². The second-order valence-electron chi connectivity index (χ2n) is 17.1. The van der Waals surface area contributed by atoms with Crippen LogP contribution < -0.4 is 16.0 Å². The summed E-state index contributed by atoms with van der Waals surface area (Å²) in [5.74, 6) is -3.85. The Hall–Kier alpha value is -6.07. The molecule has 6 rings (SSSR count). The van der Waals surface area contributed by atoms with Gasteiger partial charge in [-0.3, -0.25) is 19.2 Å². The summed E-state index contributed by atoms with van der Waals surface area (Å²) in [4.78, 5) is 85.6. The van der Waals surface area contributed by atoms with Crippen LogP contribution in [0.3, 0.4) is 0 Å². The van der Waals surface area contributed by atoms with Gasteiger partial charge in [-0.25, -0.2) is 9.59 Å². The molecule has 3 aliphatic rings. The highest BCUT2D eigenvalue weighted by Crippen LogP contribution is 2.35. The van der Waals surface area contributed by atoms with Crippen molar-refractivity contribution in [1.82, 2.24) is 20.9 Å². The fraction of sp³-hybridized carbons (Fsp3) is 0.490. The van der Waals surface area contributed by atoms with E-state index in [0.717, 1.165) is 24.0 Å². The van der Waals surface area contributed by atoms with Crippen LogP contribution in [0.2, 0.25) is 0 Å². The summed E-state index contributed by atoms with van der Waals surface area (Å²) in [6, 6.07) is 29.0. The van der Waals surface area contributed by atoms with E-state index in [2.05, 4.69) is 16.0 Å². The van der Waals surface area contributed by atoms with Crippen LogP contribution in [0.25, 0.3) is 0 Å². The lowest BCUT2D eigenvalue weighted by atomic mass is 9.94. The third-order valence-corrected chi connectivity index (χ3v) is 12.2. The van der Waals surface area contributed by atoms with Crippen molar-refractivity contribution in [1.29, 1.82) is 5.26 Å². The molecule has 3 atom stereocenters. The molecule has 0 aromatic heterocycles. The number of carbonyl (C=O) groups is 6. The van der Waals surface area contributed by atoms with Crippen LogP contribution in [0.5, 0.6) is 0 Å². The van der Waals surface area contributed by atoms with Crippen molar-refractivity contribution < 1.29 is 43.3 Å². The topological polar surface area (TPSA) is 204 Å². The summed E-state index contributed by atoms with van der Waals surface area (Å²) in [6.07, 6.45) is 1.78. The minimum Gasteiger partial charge on any atom is -0.450 e. The highest BCUT2D eigenvalue weighted by molar-refractivity contribution is 5.96. The van der Waals surface area contributed by atoms with Gasteiger partial charge in [-0.2, -0.15) is 5.26 Å². The molecule has 336 valence electrons. The number of esters is 2. The number of rotatable bonds is 17. The Morgan fingerprint density at radius 2 is 0.873 bits per heavy atom. The van der Waals surface area contributed by atoms with Crippen molar-refractivity contribution in [2.75, 3.05) is 14.1 Å². The van der Waals surface area contributed by atoms with E-state index in [0.29, 0.717) is 44.1 Å². The largest absolute Gasteiger partial charge is 0.450 e. The monoisotopic (exact) mass is 863 g/mol. The number of aliphatic hydroxyl groups excluding tert-OH is 1. The molecule has 3 aliphatic carbocycles. The van der Waals surface area contributed by atoms with Crippen molar-refractivity contribution in [3.63, 3.8) is 0 Å². The molecular formula is C49H61N5O9. The molecule has 14 nitrogen and oxygen atoms in total. The van der Waals surface area contributed by atoms with Gasteiger partial charge in [0.1, 0.15) is 22.7 Å². The Morgan fingerprint density at radius 3 is 1.22 bits per heavy atom. The van der Waals surface area contributed by atoms with Gasteiger partial charge in [0.15, 0.2) is 12.2 Å². The summed E-state index contributed by atoms with van der Waals surface area (Å²) in [6.45, 7) is 1.43. The van der Waals surface area contributed by atoms with E-state index in [1.807, 2.05) is 54.6 Å². The van der Waals surface area contributed by atoms with Gasteiger partial charge in [0.05, 0.1) is 6.07 Å². The number of aliphatic hydroxyl groups is 1. The lowest BCUT2D eigenvalue weighted by molar-refractivity contribution is -0.168. The molecule has 0 aliphatic heterocycles. The number of ether oxygens (including phenoxy) is 2. The lowest BCUT2D eigenvalue weighted by Crippen LogP contribution is -2.61. The fourth-order valence-electron chi connectivity index (χ4n) is 8.91. The van der Waals surface area contributed by atoms with E-state index in [1.165, 1.54) is 11.8 Å². The SMILES string of the molecule is CC#N.CN(C)C(=O)C1(NC(=O)[C@H](Cc2ccccc2)OC(=O)C2(NC(=O)[C@H](Cc3ccccc3)OC(=O)C3(NC(=O)[C@@H](O)Cc4ccccc4)CCCC3)CCCC2)CCCC1. The number of likely N-dealkylation sites (N-methyl/N-ethyl adjacent to an activating group) is 1. The van der Waals surface area contributed by atoms with Crippen molar-refractivity contribution in [2.24, 2.45) is 0 Å².